The summed E-state index contributed by atoms with van der Waals surface area (Å²) in [7, 11) is 0. The molecule has 2 heterocycles. The smallest absolute Gasteiger partial charge is 0.251 e. The molecule has 1 aliphatic rings. The van der Waals surface area contributed by atoms with Gasteiger partial charge in [0.15, 0.2) is 5.78 Å². The third-order valence-corrected chi connectivity index (χ3v) is 5.17. The van der Waals surface area contributed by atoms with E-state index in [1.807, 2.05) is 6.92 Å². The number of ketones is 2. The summed E-state index contributed by atoms with van der Waals surface area (Å²) in [4.78, 5) is 55.8. The van der Waals surface area contributed by atoms with Crippen molar-refractivity contribution in [1.29, 1.82) is 0 Å². The van der Waals surface area contributed by atoms with E-state index in [4.69, 9.17) is 0 Å². The van der Waals surface area contributed by atoms with Crippen molar-refractivity contribution < 1.29 is 9.59 Å². The van der Waals surface area contributed by atoms with E-state index >= 15 is 0 Å². The Hall–Kier alpha value is -2.76. The van der Waals surface area contributed by atoms with Crippen LogP contribution in [0.15, 0.2) is 15.7 Å². The molecule has 2 N–H and O–H groups in total. The van der Waals surface area contributed by atoms with Gasteiger partial charge in [-0.1, -0.05) is 33.1 Å². The van der Waals surface area contributed by atoms with Crippen LogP contribution < -0.4 is 11.1 Å². The van der Waals surface area contributed by atoms with Gasteiger partial charge in [0, 0.05) is 11.6 Å². The Bertz CT molecular complexity index is 1040. The molecule has 0 aromatic carbocycles. The van der Waals surface area contributed by atoms with Gasteiger partial charge >= 0.3 is 0 Å². The third kappa shape index (κ3) is 3.20. The topological polar surface area (TPSA) is 99.9 Å². The number of H-pyrrole nitrogens is 2. The van der Waals surface area contributed by atoms with Crippen molar-refractivity contribution in [3.63, 3.8) is 0 Å². The van der Waals surface area contributed by atoms with Crippen molar-refractivity contribution in [3.8, 4) is 0 Å². The quantitative estimate of drug-likeness (QED) is 0.653. The fraction of sp³-hybridized carbons (Fsp3) is 0.429. The van der Waals surface area contributed by atoms with E-state index in [9.17, 15) is 19.2 Å². The largest absolute Gasteiger partial charge is 0.318 e. The maximum Gasteiger partial charge on any atom is 0.251 e. The molecule has 0 fully saturated rings. The summed E-state index contributed by atoms with van der Waals surface area (Å²) in [5.41, 5.74) is 1.50. The van der Waals surface area contributed by atoms with Crippen molar-refractivity contribution in [3.05, 3.63) is 66.0 Å². The summed E-state index contributed by atoms with van der Waals surface area (Å²) in [5.74, 6) is -0.784. The zero-order valence-corrected chi connectivity index (χ0v) is 16.0. The lowest BCUT2D eigenvalue weighted by Crippen LogP contribution is -2.33. The second-order valence-corrected chi connectivity index (χ2v) is 7.08. The van der Waals surface area contributed by atoms with Gasteiger partial charge < -0.3 is 9.97 Å². The van der Waals surface area contributed by atoms with Gasteiger partial charge in [0.2, 0.25) is 11.3 Å². The van der Waals surface area contributed by atoms with Gasteiger partial charge in [-0.05, 0) is 37.3 Å². The van der Waals surface area contributed by atoms with Gasteiger partial charge in [-0.15, -0.1) is 0 Å². The second kappa shape index (κ2) is 7.47. The lowest BCUT2D eigenvalue weighted by molar-refractivity contribution is 0.0969. The first-order valence-electron chi connectivity index (χ1n) is 9.52. The van der Waals surface area contributed by atoms with Crippen molar-refractivity contribution in [1.82, 2.24) is 9.97 Å². The number of aromatic amines is 2. The van der Waals surface area contributed by atoms with Crippen LogP contribution in [0, 0.1) is 6.92 Å². The van der Waals surface area contributed by atoms with Gasteiger partial charge in [0.05, 0.1) is 11.1 Å². The predicted molar refractivity (Wildman–Crippen MR) is 103 cm³/mol. The summed E-state index contributed by atoms with van der Waals surface area (Å²) >= 11 is 0. The molecule has 2 aromatic rings. The van der Waals surface area contributed by atoms with Crippen molar-refractivity contribution >= 4 is 11.6 Å². The molecule has 1 aliphatic carbocycles. The first kappa shape index (κ1) is 19.0. The number of hydrogen-bond donors (Lipinski definition) is 2. The van der Waals surface area contributed by atoms with Crippen LogP contribution >= 0.6 is 0 Å². The SMILES string of the molecule is CCCCCc1c2c([nH]c(=O)c1C)C(=O)c1[nH]c(=O)cc(CCC)c1C2=O. The minimum atomic E-state index is -0.497. The van der Waals surface area contributed by atoms with E-state index in [-0.39, 0.29) is 28.3 Å². The van der Waals surface area contributed by atoms with Crippen LogP contribution in [0.3, 0.4) is 0 Å². The molecule has 0 unspecified atom stereocenters. The van der Waals surface area contributed by atoms with E-state index in [1.54, 1.807) is 6.92 Å². The van der Waals surface area contributed by atoms with Crippen LogP contribution in [0.4, 0.5) is 0 Å². The molecule has 0 bridgehead atoms. The number of unbranched alkanes of at least 4 members (excludes halogenated alkanes) is 2. The van der Waals surface area contributed by atoms with Crippen molar-refractivity contribution in [2.24, 2.45) is 0 Å². The highest BCUT2D eigenvalue weighted by Crippen LogP contribution is 2.30. The zero-order chi connectivity index (χ0) is 19.7. The van der Waals surface area contributed by atoms with Gasteiger partial charge in [0.1, 0.15) is 11.4 Å². The molecule has 0 saturated heterocycles. The maximum absolute atomic E-state index is 13.4. The number of fused-ring (bicyclic) bond motifs is 2. The van der Waals surface area contributed by atoms with Crippen molar-refractivity contribution in [2.75, 3.05) is 0 Å². The summed E-state index contributed by atoms with van der Waals surface area (Å²) in [5, 5.41) is 0. The molecule has 6 nitrogen and oxygen atoms in total. The van der Waals surface area contributed by atoms with E-state index < -0.39 is 11.3 Å². The third-order valence-electron chi connectivity index (χ3n) is 5.17. The van der Waals surface area contributed by atoms with Crippen molar-refractivity contribution in [2.45, 2.75) is 59.3 Å². The highest BCUT2D eigenvalue weighted by atomic mass is 16.2. The van der Waals surface area contributed by atoms with Crippen LogP contribution in [0.1, 0.15) is 88.3 Å². The second-order valence-electron chi connectivity index (χ2n) is 7.08. The van der Waals surface area contributed by atoms with E-state index in [0.29, 0.717) is 35.1 Å². The van der Waals surface area contributed by atoms with Gasteiger partial charge in [-0.25, -0.2) is 0 Å². The van der Waals surface area contributed by atoms with Crippen LogP contribution in [0.2, 0.25) is 0 Å². The summed E-state index contributed by atoms with van der Waals surface area (Å²) in [6, 6.07) is 1.40. The van der Waals surface area contributed by atoms with E-state index in [1.165, 1.54) is 6.07 Å². The van der Waals surface area contributed by atoms with Crippen LogP contribution in [-0.4, -0.2) is 21.5 Å². The molecular weight excluding hydrogens is 344 g/mol. The Kier molecular flexibility index (Phi) is 5.26. The number of carbonyl (C=O) groups excluding carboxylic acids is 2. The number of carbonyl (C=O) groups is 2. The predicted octanol–water partition coefficient (Wildman–Crippen LogP) is 2.83. The molecule has 27 heavy (non-hydrogen) atoms. The maximum atomic E-state index is 13.4. The number of aromatic nitrogens is 2. The summed E-state index contributed by atoms with van der Waals surface area (Å²) in [6.07, 6.45) is 4.70. The Morgan fingerprint density at radius 1 is 0.815 bits per heavy atom. The lowest BCUT2D eigenvalue weighted by Gasteiger charge is -2.22. The Balaban J connectivity index is 2.27. The number of aryl methyl sites for hydroxylation is 1. The molecule has 0 spiro atoms. The fourth-order valence-electron chi connectivity index (χ4n) is 3.79. The summed E-state index contributed by atoms with van der Waals surface area (Å²) < 4.78 is 0. The summed E-state index contributed by atoms with van der Waals surface area (Å²) in [6.45, 7) is 5.72. The molecular formula is C21H24N2O4. The monoisotopic (exact) mass is 368 g/mol. The standard InChI is InChI=1S/C21H24N2O4/c1-4-6-7-9-13-11(3)21(27)23-18-16(13)19(25)15-12(8-5-2)10-14(24)22-17(15)20(18)26/h10H,4-9H2,1-3H3,(H,22,24)(H,23,27). The first-order valence-corrected chi connectivity index (χ1v) is 9.52. The molecule has 0 amide bonds. The molecule has 0 aliphatic heterocycles. The average Bonchev–Trinajstić information content (AvgIpc) is 2.62. The normalized spacial score (nSPS) is 12.9. The average molecular weight is 368 g/mol. The minimum absolute atomic E-state index is 0.00102. The van der Waals surface area contributed by atoms with Crippen LogP contribution in [0.5, 0.6) is 0 Å². The van der Waals surface area contributed by atoms with Gasteiger partial charge in [-0.2, -0.15) is 0 Å². The Morgan fingerprint density at radius 2 is 1.52 bits per heavy atom. The Morgan fingerprint density at radius 3 is 2.19 bits per heavy atom. The number of nitrogens with one attached hydrogen (secondary N) is 2. The molecule has 2 aromatic heterocycles. The lowest BCUT2D eigenvalue weighted by atomic mass is 9.82. The molecule has 0 atom stereocenters. The van der Waals surface area contributed by atoms with E-state index in [2.05, 4.69) is 16.9 Å². The highest BCUT2D eigenvalue weighted by Gasteiger charge is 2.36. The molecule has 0 radical (unpaired) electrons. The highest BCUT2D eigenvalue weighted by molar-refractivity contribution is 6.28. The minimum Gasteiger partial charge on any atom is -0.318 e. The fourth-order valence-corrected chi connectivity index (χ4v) is 3.79. The Labute approximate surface area is 157 Å². The molecule has 142 valence electrons. The van der Waals surface area contributed by atoms with Crippen LogP contribution in [-0.2, 0) is 12.8 Å². The zero-order valence-electron chi connectivity index (χ0n) is 16.0. The van der Waals surface area contributed by atoms with Gasteiger partial charge in [-0.3, -0.25) is 19.2 Å². The molecule has 0 saturated carbocycles. The number of rotatable bonds is 6. The first-order chi connectivity index (χ1) is 12.9. The van der Waals surface area contributed by atoms with E-state index in [0.717, 1.165) is 25.7 Å². The number of hydrogen-bond acceptors (Lipinski definition) is 4. The van der Waals surface area contributed by atoms with Crippen LogP contribution in [0.25, 0.3) is 0 Å². The van der Waals surface area contributed by atoms with Gasteiger partial charge in [0.25, 0.3) is 5.56 Å². The molecule has 3 rings (SSSR count). The molecule has 6 heteroatoms. The number of pyridine rings is 2.